The average molecular weight is 414 g/mol. The molecule has 160 valence electrons. The van der Waals surface area contributed by atoms with Crippen molar-refractivity contribution in [2.45, 2.75) is 57.2 Å². The van der Waals surface area contributed by atoms with Crippen molar-refractivity contribution in [3.05, 3.63) is 47.0 Å². The molecule has 1 aromatic carbocycles. The largest absolute Gasteiger partial charge is 0.458 e. The number of ether oxygens (including phenoxy) is 2. The van der Waals surface area contributed by atoms with E-state index in [1.807, 2.05) is 0 Å². The van der Waals surface area contributed by atoms with Crippen molar-refractivity contribution in [3.63, 3.8) is 0 Å². The predicted molar refractivity (Wildman–Crippen MR) is 99.1 cm³/mol. The quantitative estimate of drug-likeness (QED) is 0.368. The Bertz CT molecular complexity index is 740. The molecule has 0 aliphatic carbocycles. The molecule has 1 aromatic rings. The van der Waals surface area contributed by atoms with Crippen molar-refractivity contribution >= 4 is 11.9 Å². The molecule has 0 aromatic heterocycles. The molecule has 1 unspecified atom stereocenters. The van der Waals surface area contributed by atoms with E-state index in [1.54, 1.807) is 6.08 Å². The maximum atomic E-state index is 12.6. The van der Waals surface area contributed by atoms with Gasteiger partial charge in [-0.25, -0.2) is 9.59 Å². The van der Waals surface area contributed by atoms with Gasteiger partial charge in [-0.2, -0.15) is 13.2 Å². The standard InChI is InChI=1S/C21H25F3O5/c1-2-3-4-5-6-7-16-12-20(13-25,29-19(16)27)14-28-18(26)15-8-10-17(11-9-15)21(22,23)24/h7-11,25H,2-6,12-14H2,1H3/b16-7+. The minimum atomic E-state index is -4.50. The van der Waals surface area contributed by atoms with Crippen LogP contribution in [0, 0.1) is 0 Å². The number of aliphatic hydroxyl groups is 1. The minimum Gasteiger partial charge on any atom is -0.458 e. The summed E-state index contributed by atoms with van der Waals surface area (Å²) in [5.74, 6) is -1.42. The Morgan fingerprint density at radius 1 is 1.24 bits per heavy atom. The normalized spacial score (nSPS) is 20.7. The maximum Gasteiger partial charge on any atom is 0.416 e. The monoisotopic (exact) mass is 414 g/mol. The fraction of sp³-hybridized carbons (Fsp3) is 0.524. The summed E-state index contributed by atoms with van der Waals surface area (Å²) in [6.07, 6.45) is 2.34. The highest BCUT2D eigenvalue weighted by Gasteiger charge is 2.44. The van der Waals surface area contributed by atoms with Crippen LogP contribution >= 0.6 is 0 Å². The molecule has 1 fully saturated rings. The highest BCUT2D eigenvalue weighted by molar-refractivity contribution is 5.92. The number of unbranched alkanes of at least 4 members (excludes halogenated alkanes) is 4. The molecule has 5 nitrogen and oxygen atoms in total. The fourth-order valence-corrected chi connectivity index (χ4v) is 3.01. The zero-order valence-corrected chi connectivity index (χ0v) is 16.3. The van der Waals surface area contributed by atoms with Gasteiger partial charge in [-0.15, -0.1) is 0 Å². The van der Waals surface area contributed by atoms with Crippen LogP contribution < -0.4 is 0 Å². The smallest absolute Gasteiger partial charge is 0.416 e. The van der Waals surface area contributed by atoms with Gasteiger partial charge in [-0.05, 0) is 37.1 Å². The summed E-state index contributed by atoms with van der Waals surface area (Å²) in [7, 11) is 0. The molecule has 1 N–H and O–H groups in total. The van der Waals surface area contributed by atoms with Crippen molar-refractivity contribution in [1.29, 1.82) is 0 Å². The number of aliphatic hydroxyl groups excluding tert-OH is 1. The van der Waals surface area contributed by atoms with Gasteiger partial charge in [0.2, 0.25) is 0 Å². The van der Waals surface area contributed by atoms with E-state index in [-0.39, 0.29) is 18.6 Å². The van der Waals surface area contributed by atoms with E-state index >= 15 is 0 Å². The van der Waals surface area contributed by atoms with E-state index in [4.69, 9.17) is 9.47 Å². The lowest BCUT2D eigenvalue weighted by molar-refractivity contribution is -0.154. The SMILES string of the molecule is CCCCCC/C=C1\CC(CO)(COC(=O)c2ccc(C(F)(F)F)cc2)OC1=O. The fourth-order valence-electron chi connectivity index (χ4n) is 3.01. The number of allylic oxidation sites excluding steroid dienone is 1. The summed E-state index contributed by atoms with van der Waals surface area (Å²) >= 11 is 0. The van der Waals surface area contributed by atoms with E-state index in [1.165, 1.54) is 0 Å². The first kappa shape index (κ1) is 22.9. The highest BCUT2D eigenvalue weighted by Crippen LogP contribution is 2.32. The number of cyclic esters (lactones) is 1. The Balaban J connectivity index is 1.94. The lowest BCUT2D eigenvalue weighted by atomic mass is 9.98. The van der Waals surface area contributed by atoms with Gasteiger partial charge in [0, 0.05) is 12.0 Å². The van der Waals surface area contributed by atoms with Crippen LogP contribution in [0.3, 0.4) is 0 Å². The van der Waals surface area contributed by atoms with Gasteiger partial charge in [0.1, 0.15) is 6.61 Å². The number of carbonyl (C=O) groups is 2. The molecular formula is C21H25F3O5. The Morgan fingerprint density at radius 3 is 2.52 bits per heavy atom. The van der Waals surface area contributed by atoms with Crippen molar-refractivity contribution < 1.29 is 37.3 Å². The van der Waals surface area contributed by atoms with E-state index in [0.717, 1.165) is 56.4 Å². The van der Waals surface area contributed by atoms with E-state index < -0.39 is 35.9 Å². The molecule has 1 saturated heterocycles. The van der Waals surface area contributed by atoms with Gasteiger partial charge in [-0.3, -0.25) is 0 Å². The second-order valence-electron chi connectivity index (χ2n) is 7.14. The number of hydrogen-bond acceptors (Lipinski definition) is 5. The van der Waals surface area contributed by atoms with Gasteiger partial charge in [0.15, 0.2) is 5.60 Å². The molecule has 0 saturated carbocycles. The molecule has 0 bridgehead atoms. The zero-order chi connectivity index (χ0) is 21.5. The third-order valence-corrected chi connectivity index (χ3v) is 4.73. The first-order valence-electron chi connectivity index (χ1n) is 9.58. The molecule has 1 atom stereocenters. The lowest BCUT2D eigenvalue weighted by Crippen LogP contribution is -2.39. The van der Waals surface area contributed by atoms with Crippen LogP contribution in [-0.4, -0.2) is 35.9 Å². The molecule has 0 radical (unpaired) electrons. The zero-order valence-electron chi connectivity index (χ0n) is 16.3. The number of rotatable bonds is 9. The number of carbonyl (C=O) groups excluding carboxylic acids is 2. The number of alkyl halides is 3. The van der Waals surface area contributed by atoms with Gasteiger partial charge < -0.3 is 14.6 Å². The second-order valence-corrected chi connectivity index (χ2v) is 7.14. The molecular weight excluding hydrogens is 389 g/mol. The van der Waals surface area contributed by atoms with Crippen molar-refractivity contribution in [2.75, 3.05) is 13.2 Å². The Labute approximate surface area is 167 Å². The third kappa shape index (κ3) is 6.32. The van der Waals surface area contributed by atoms with Crippen LogP contribution in [0.5, 0.6) is 0 Å². The summed E-state index contributed by atoms with van der Waals surface area (Å²) in [5, 5.41) is 9.68. The summed E-state index contributed by atoms with van der Waals surface area (Å²) < 4.78 is 48.1. The molecule has 0 spiro atoms. The van der Waals surface area contributed by atoms with Crippen LogP contribution in [0.4, 0.5) is 13.2 Å². The first-order chi connectivity index (χ1) is 13.7. The van der Waals surface area contributed by atoms with Gasteiger partial charge >= 0.3 is 18.1 Å². The molecule has 1 aliphatic rings. The molecule has 1 aliphatic heterocycles. The van der Waals surface area contributed by atoms with Gasteiger partial charge in [0.25, 0.3) is 0 Å². The summed E-state index contributed by atoms with van der Waals surface area (Å²) in [6, 6.07) is 3.60. The number of esters is 2. The minimum absolute atomic E-state index is 0.0675. The van der Waals surface area contributed by atoms with Crippen molar-refractivity contribution in [2.24, 2.45) is 0 Å². The number of halogens is 3. The maximum absolute atomic E-state index is 12.6. The summed E-state index contributed by atoms with van der Waals surface area (Å²) in [6.45, 7) is 1.18. The van der Waals surface area contributed by atoms with E-state index in [0.29, 0.717) is 5.57 Å². The summed E-state index contributed by atoms with van der Waals surface area (Å²) in [4.78, 5) is 24.2. The topological polar surface area (TPSA) is 72.8 Å². The number of hydrogen-bond donors (Lipinski definition) is 1. The first-order valence-corrected chi connectivity index (χ1v) is 9.58. The summed E-state index contributed by atoms with van der Waals surface area (Å²) in [5.41, 5.74) is -1.88. The molecule has 2 rings (SSSR count). The van der Waals surface area contributed by atoms with Gasteiger partial charge in [0.05, 0.1) is 17.7 Å². The van der Waals surface area contributed by atoms with Gasteiger partial charge in [-0.1, -0.05) is 32.3 Å². The molecule has 8 heteroatoms. The van der Waals surface area contributed by atoms with Crippen LogP contribution in [0.15, 0.2) is 35.9 Å². The third-order valence-electron chi connectivity index (χ3n) is 4.73. The van der Waals surface area contributed by atoms with Crippen molar-refractivity contribution in [1.82, 2.24) is 0 Å². The predicted octanol–water partition coefficient (Wildman–Crippen LogP) is 4.44. The molecule has 29 heavy (non-hydrogen) atoms. The van der Waals surface area contributed by atoms with Crippen LogP contribution in [-0.2, 0) is 20.4 Å². The van der Waals surface area contributed by atoms with Crippen molar-refractivity contribution in [3.8, 4) is 0 Å². The van der Waals surface area contributed by atoms with E-state index in [2.05, 4.69) is 6.92 Å². The number of benzene rings is 1. The molecule has 1 heterocycles. The lowest BCUT2D eigenvalue weighted by Gasteiger charge is -2.24. The second kappa shape index (κ2) is 9.91. The Morgan fingerprint density at radius 2 is 1.93 bits per heavy atom. The van der Waals surface area contributed by atoms with E-state index in [9.17, 15) is 27.9 Å². The molecule has 0 amide bonds. The van der Waals surface area contributed by atoms with Crippen LogP contribution in [0.1, 0.15) is 61.4 Å². The van der Waals surface area contributed by atoms with Crippen LogP contribution in [0.2, 0.25) is 0 Å². The Hall–Kier alpha value is -2.35. The highest BCUT2D eigenvalue weighted by atomic mass is 19.4. The Kier molecular flexibility index (Phi) is 7.84. The van der Waals surface area contributed by atoms with Crippen LogP contribution in [0.25, 0.3) is 0 Å². The average Bonchev–Trinajstić information content (AvgIpc) is 3.01.